The van der Waals surface area contributed by atoms with Gasteiger partial charge in [0.25, 0.3) is 0 Å². The van der Waals surface area contributed by atoms with E-state index in [9.17, 15) is 28.1 Å². The van der Waals surface area contributed by atoms with E-state index in [1.54, 1.807) is 12.1 Å². The summed E-state index contributed by atoms with van der Waals surface area (Å²) in [6, 6.07) is 20.1. The van der Waals surface area contributed by atoms with Gasteiger partial charge in [-0.05, 0) is 66.1 Å². The van der Waals surface area contributed by atoms with Gasteiger partial charge in [0.15, 0.2) is 0 Å². The summed E-state index contributed by atoms with van der Waals surface area (Å²) in [5.41, 5.74) is 1.08. The summed E-state index contributed by atoms with van der Waals surface area (Å²) in [5, 5.41) is 18.8. The van der Waals surface area contributed by atoms with Gasteiger partial charge < -0.3 is 0 Å². The molecule has 0 heterocycles. The Morgan fingerprint density at radius 1 is 0.545 bits per heavy atom. The second-order valence-corrected chi connectivity index (χ2v) is 7.35. The molecule has 4 rings (SSSR count). The maximum Gasteiger partial charge on any atom is 0.134 e. The van der Waals surface area contributed by atoms with Crippen LogP contribution in [0.1, 0.15) is 22.3 Å². The molecule has 0 N–H and O–H groups in total. The standard InChI is InChI=1S/C27H14F4N2/c28-22-3-1-4-23(29)26(22)20-12-16(7-9-18(20)14-32)11-17-8-10-19(15-33)21(13-17)27-24(30)5-2-6-25(27)31/h1-10,12-13H,11H2. The molecule has 160 valence electrons. The predicted molar refractivity (Wildman–Crippen MR) is 116 cm³/mol. The fourth-order valence-corrected chi connectivity index (χ4v) is 3.76. The molecule has 0 saturated carbocycles. The molecule has 4 aromatic rings. The van der Waals surface area contributed by atoms with Crippen LogP contribution in [0.15, 0.2) is 72.8 Å². The minimum Gasteiger partial charge on any atom is -0.206 e. The molecule has 33 heavy (non-hydrogen) atoms. The van der Waals surface area contributed by atoms with E-state index in [1.807, 2.05) is 12.1 Å². The molecule has 0 aliphatic rings. The van der Waals surface area contributed by atoms with Crippen LogP contribution in [0.5, 0.6) is 0 Å². The summed E-state index contributed by atoms with van der Waals surface area (Å²) in [6.07, 6.45) is 0.240. The summed E-state index contributed by atoms with van der Waals surface area (Å²) in [4.78, 5) is 0. The Bertz CT molecular complexity index is 1310. The van der Waals surface area contributed by atoms with Gasteiger partial charge in [-0.3, -0.25) is 0 Å². The molecule has 0 bridgehead atoms. The molecule has 6 heteroatoms. The molecule has 0 aliphatic carbocycles. The second-order valence-electron chi connectivity index (χ2n) is 7.35. The van der Waals surface area contributed by atoms with Crippen LogP contribution >= 0.6 is 0 Å². The number of benzene rings is 4. The Balaban J connectivity index is 1.80. The lowest BCUT2D eigenvalue weighted by atomic mass is 9.92. The van der Waals surface area contributed by atoms with Crippen molar-refractivity contribution >= 4 is 0 Å². The third-order valence-corrected chi connectivity index (χ3v) is 5.28. The highest BCUT2D eigenvalue weighted by Crippen LogP contribution is 2.32. The molecule has 0 aromatic heterocycles. The highest BCUT2D eigenvalue weighted by Gasteiger charge is 2.18. The van der Waals surface area contributed by atoms with Crippen molar-refractivity contribution in [3.63, 3.8) is 0 Å². The van der Waals surface area contributed by atoms with Crippen LogP contribution in [0.4, 0.5) is 17.6 Å². The fourth-order valence-electron chi connectivity index (χ4n) is 3.76. The van der Waals surface area contributed by atoms with Crippen LogP contribution in [0, 0.1) is 45.9 Å². The van der Waals surface area contributed by atoms with Crippen LogP contribution in [0.25, 0.3) is 22.3 Å². The molecule has 4 aromatic carbocycles. The molecular weight excluding hydrogens is 428 g/mol. The molecule has 0 atom stereocenters. The number of rotatable bonds is 4. The zero-order valence-electron chi connectivity index (χ0n) is 17.0. The Morgan fingerprint density at radius 2 is 0.909 bits per heavy atom. The topological polar surface area (TPSA) is 47.6 Å². The van der Waals surface area contributed by atoms with Gasteiger partial charge in [-0.2, -0.15) is 10.5 Å². The van der Waals surface area contributed by atoms with E-state index in [4.69, 9.17) is 0 Å². The van der Waals surface area contributed by atoms with Gasteiger partial charge in [0.05, 0.1) is 34.4 Å². The first-order valence-electron chi connectivity index (χ1n) is 9.87. The molecule has 0 amide bonds. The van der Waals surface area contributed by atoms with Crippen molar-refractivity contribution in [1.29, 1.82) is 10.5 Å². The molecule has 0 radical (unpaired) electrons. The summed E-state index contributed by atoms with van der Waals surface area (Å²) < 4.78 is 57.4. The Hall–Kier alpha value is -4.42. The Morgan fingerprint density at radius 3 is 1.24 bits per heavy atom. The van der Waals surface area contributed by atoms with Gasteiger partial charge in [-0.1, -0.05) is 24.3 Å². The molecule has 0 spiro atoms. The van der Waals surface area contributed by atoms with Crippen LogP contribution in [-0.2, 0) is 6.42 Å². The molecular formula is C27H14F4N2. The quantitative estimate of drug-likeness (QED) is 0.322. The first-order valence-corrected chi connectivity index (χ1v) is 9.87. The third kappa shape index (κ3) is 4.20. The lowest BCUT2D eigenvalue weighted by Gasteiger charge is -2.12. The molecule has 0 fully saturated rings. The highest BCUT2D eigenvalue weighted by atomic mass is 19.1. The van der Waals surface area contributed by atoms with Crippen molar-refractivity contribution in [3.05, 3.63) is 118 Å². The fraction of sp³-hybridized carbons (Fsp3) is 0.0370. The van der Waals surface area contributed by atoms with E-state index >= 15 is 0 Å². The van der Waals surface area contributed by atoms with E-state index in [-0.39, 0.29) is 39.8 Å². The minimum absolute atomic E-state index is 0.108. The normalized spacial score (nSPS) is 10.5. The van der Waals surface area contributed by atoms with E-state index in [1.165, 1.54) is 36.4 Å². The van der Waals surface area contributed by atoms with Gasteiger partial charge in [-0.15, -0.1) is 0 Å². The molecule has 2 nitrogen and oxygen atoms in total. The van der Waals surface area contributed by atoms with Crippen molar-refractivity contribution in [2.75, 3.05) is 0 Å². The summed E-state index contributed by atoms with van der Waals surface area (Å²) in [5.74, 6) is -3.17. The zero-order chi connectivity index (χ0) is 23.5. The van der Waals surface area contributed by atoms with Gasteiger partial charge in [0.2, 0.25) is 0 Å². The van der Waals surface area contributed by atoms with Gasteiger partial charge in [0.1, 0.15) is 23.3 Å². The molecule has 0 aliphatic heterocycles. The number of nitriles is 2. The van der Waals surface area contributed by atoms with Crippen molar-refractivity contribution in [2.45, 2.75) is 6.42 Å². The van der Waals surface area contributed by atoms with Gasteiger partial charge in [-0.25, -0.2) is 17.6 Å². The summed E-state index contributed by atoms with van der Waals surface area (Å²) in [6.45, 7) is 0. The maximum absolute atomic E-state index is 14.4. The van der Waals surface area contributed by atoms with Crippen LogP contribution < -0.4 is 0 Å². The number of hydrogen-bond donors (Lipinski definition) is 0. The van der Waals surface area contributed by atoms with E-state index in [2.05, 4.69) is 0 Å². The highest BCUT2D eigenvalue weighted by molar-refractivity contribution is 5.74. The first kappa shape index (κ1) is 21.8. The zero-order valence-corrected chi connectivity index (χ0v) is 17.0. The van der Waals surface area contributed by atoms with E-state index in [0.717, 1.165) is 24.3 Å². The molecule has 0 saturated heterocycles. The Kier molecular flexibility index (Phi) is 5.93. The minimum atomic E-state index is -0.792. The van der Waals surface area contributed by atoms with Crippen molar-refractivity contribution in [2.24, 2.45) is 0 Å². The largest absolute Gasteiger partial charge is 0.206 e. The average Bonchev–Trinajstić information content (AvgIpc) is 2.79. The van der Waals surface area contributed by atoms with E-state index in [0.29, 0.717) is 11.1 Å². The summed E-state index contributed by atoms with van der Waals surface area (Å²) in [7, 11) is 0. The SMILES string of the molecule is N#Cc1ccc(Cc2ccc(C#N)c(-c3c(F)cccc3F)c2)cc1-c1c(F)cccc1F. The lowest BCUT2D eigenvalue weighted by Crippen LogP contribution is -1.98. The van der Waals surface area contributed by atoms with Gasteiger partial charge >= 0.3 is 0 Å². The number of nitrogens with zero attached hydrogens (tertiary/aromatic N) is 2. The second kappa shape index (κ2) is 8.98. The monoisotopic (exact) mass is 442 g/mol. The van der Waals surface area contributed by atoms with Crippen LogP contribution in [0.3, 0.4) is 0 Å². The number of halogens is 4. The van der Waals surface area contributed by atoms with Crippen molar-refractivity contribution in [1.82, 2.24) is 0 Å². The first-order chi connectivity index (χ1) is 15.9. The molecule has 0 unspecified atom stereocenters. The maximum atomic E-state index is 14.4. The predicted octanol–water partition coefficient (Wildman–Crippen LogP) is 6.91. The van der Waals surface area contributed by atoms with Crippen molar-refractivity contribution in [3.8, 4) is 34.4 Å². The van der Waals surface area contributed by atoms with Crippen LogP contribution in [0.2, 0.25) is 0 Å². The van der Waals surface area contributed by atoms with E-state index < -0.39 is 23.3 Å². The Labute approximate surface area is 187 Å². The summed E-state index contributed by atoms with van der Waals surface area (Å²) >= 11 is 0. The van der Waals surface area contributed by atoms with Crippen LogP contribution in [-0.4, -0.2) is 0 Å². The van der Waals surface area contributed by atoms with Crippen molar-refractivity contribution < 1.29 is 17.6 Å². The lowest BCUT2D eigenvalue weighted by molar-refractivity contribution is 0.589. The smallest absolute Gasteiger partial charge is 0.134 e. The third-order valence-electron chi connectivity index (χ3n) is 5.28. The average molecular weight is 442 g/mol. The number of hydrogen-bond acceptors (Lipinski definition) is 2. The van der Waals surface area contributed by atoms with Gasteiger partial charge in [0, 0.05) is 11.1 Å².